The summed E-state index contributed by atoms with van der Waals surface area (Å²) in [6.45, 7) is 0.193. The molecule has 1 aliphatic heterocycles. The number of hydrogen-bond donors (Lipinski definition) is 0. The van der Waals surface area contributed by atoms with Gasteiger partial charge in [0.05, 0.1) is 17.5 Å². The van der Waals surface area contributed by atoms with Gasteiger partial charge in [0, 0.05) is 25.1 Å². The van der Waals surface area contributed by atoms with Crippen molar-refractivity contribution in [2.75, 3.05) is 12.3 Å². The number of nitrogens with zero attached hydrogens (tertiary/aromatic N) is 2. The highest BCUT2D eigenvalue weighted by Crippen LogP contribution is 2.33. The molecule has 2 heterocycles. The number of carbonyl (C=O) groups is 1. The van der Waals surface area contributed by atoms with E-state index in [1.165, 1.54) is 0 Å². The maximum Gasteiger partial charge on any atom is 0.302 e. The molecule has 1 amide bonds. The zero-order chi connectivity index (χ0) is 17.2. The lowest BCUT2D eigenvalue weighted by molar-refractivity contribution is -0.129. The minimum atomic E-state index is -4.60. The van der Waals surface area contributed by atoms with Crippen molar-refractivity contribution in [1.82, 2.24) is 9.88 Å². The van der Waals surface area contributed by atoms with Crippen LogP contribution in [-0.4, -0.2) is 36.5 Å². The van der Waals surface area contributed by atoms with E-state index in [4.69, 9.17) is 0 Å². The number of amides is 1. The normalized spacial score (nSPS) is 19.5. The summed E-state index contributed by atoms with van der Waals surface area (Å²) in [7, 11) is -4.60. The Kier molecular flexibility index (Phi) is 4.62. The summed E-state index contributed by atoms with van der Waals surface area (Å²) in [6, 6.07) is 14.4. The Hall–Kier alpha value is -2.28. The van der Waals surface area contributed by atoms with Crippen molar-refractivity contribution in [3.63, 3.8) is 0 Å². The number of carbonyl (C=O) groups excluding carboxylic acids is 1. The lowest BCUT2D eigenvalue weighted by Crippen LogP contribution is -2.32. The maximum absolute atomic E-state index is 13.0. The molecule has 0 radical (unpaired) electrons. The largest absolute Gasteiger partial charge is 0.330 e. The first-order valence-corrected chi connectivity index (χ1v) is 9.17. The van der Waals surface area contributed by atoms with Gasteiger partial charge in [-0.2, -0.15) is 8.42 Å². The highest BCUT2D eigenvalue weighted by atomic mass is 32.3. The van der Waals surface area contributed by atoms with Crippen LogP contribution in [0.25, 0.3) is 0 Å². The van der Waals surface area contributed by atoms with Gasteiger partial charge in [0.25, 0.3) is 0 Å². The third-order valence-electron chi connectivity index (χ3n) is 4.07. The zero-order valence-electron chi connectivity index (χ0n) is 12.9. The predicted octanol–water partition coefficient (Wildman–Crippen LogP) is 2.32. The van der Waals surface area contributed by atoms with Crippen molar-refractivity contribution in [3.8, 4) is 0 Å². The molecule has 0 saturated carbocycles. The van der Waals surface area contributed by atoms with Crippen LogP contribution < -0.4 is 0 Å². The van der Waals surface area contributed by atoms with Crippen LogP contribution >= 0.6 is 0 Å². The highest BCUT2D eigenvalue weighted by molar-refractivity contribution is 7.86. The van der Waals surface area contributed by atoms with E-state index in [2.05, 4.69) is 4.98 Å². The molecule has 0 aliphatic carbocycles. The Balaban J connectivity index is 1.93. The van der Waals surface area contributed by atoms with Crippen molar-refractivity contribution < 1.29 is 17.1 Å². The molecule has 24 heavy (non-hydrogen) atoms. The molecule has 1 aromatic carbocycles. The maximum atomic E-state index is 13.0. The Labute approximate surface area is 140 Å². The molecular weight excluding hydrogens is 331 g/mol. The molecule has 0 spiro atoms. The number of aromatic nitrogens is 1. The van der Waals surface area contributed by atoms with Crippen LogP contribution in [-0.2, 0) is 15.0 Å². The summed E-state index contributed by atoms with van der Waals surface area (Å²) in [5.41, 5.74) is 1.58. The van der Waals surface area contributed by atoms with Crippen molar-refractivity contribution in [1.29, 1.82) is 0 Å². The van der Waals surface area contributed by atoms with Gasteiger partial charge in [0.15, 0.2) is 0 Å². The minimum absolute atomic E-state index is 0.0271. The summed E-state index contributed by atoms with van der Waals surface area (Å²) in [5, 5.41) is 0. The third-order valence-corrected chi connectivity index (χ3v) is 4.94. The number of hydrogen-bond acceptors (Lipinski definition) is 4. The van der Waals surface area contributed by atoms with Crippen LogP contribution in [0.4, 0.5) is 3.89 Å². The van der Waals surface area contributed by atoms with E-state index in [0.717, 1.165) is 5.56 Å². The molecule has 7 heteroatoms. The summed E-state index contributed by atoms with van der Waals surface area (Å²) < 4.78 is 34.8. The molecule has 1 fully saturated rings. The van der Waals surface area contributed by atoms with Gasteiger partial charge in [-0.05, 0) is 17.7 Å². The zero-order valence-corrected chi connectivity index (χ0v) is 13.7. The van der Waals surface area contributed by atoms with Crippen molar-refractivity contribution in [3.05, 3.63) is 66.0 Å². The van der Waals surface area contributed by atoms with E-state index >= 15 is 0 Å². The van der Waals surface area contributed by atoms with Gasteiger partial charge in [-0.15, -0.1) is 3.89 Å². The van der Waals surface area contributed by atoms with Crippen LogP contribution in [0.5, 0.6) is 0 Å². The van der Waals surface area contributed by atoms with E-state index in [0.29, 0.717) is 5.69 Å². The Bertz CT molecular complexity index is 773. The molecule has 0 N–H and O–H groups in total. The molecule has 2 unspecified atom stereocenters. The fraction of sp³-hybridized carbons (Fsp3) is 0.294. The second-order valence-electron chi connectivity index (χ2n) is 5.89. The number of rotatable bonds is 5. The molecule has 2 atom stereocenters. The van der Waals surface area contributed by atoms with Gasteiger partial charge in [-0.3, -0.25) is 9.78 Å². The van der Waals surface area contributed by atoms with E-state index < -0.39 is 27.9 Å². The average Bonchev–Trinajstić information content (AvgIpc) is 2.88. The molecule has 2 aromatic rings. The Morgan fingerprint density at radius 3 is 2.50 bits per heavy atom. The second kappa shape index (κ2) is 6.68. The number of pyridine rings is 1. The smallest absolute Gasteiger partial charge is 0.302 e. The van der Waals surface area contributed by atoms with Crippen molar-refractivity contribution in [2.45, 2.75) is 12.5 Å². The number of benzene rings is 1. The summed E-state index contributed by atoms with van der Waals surface area (Å²) >= 11 is 0. The van der Waals surface area contributed by atoms with E-state index in [9.17, 15) is 17.1 Å². The standard InChI is InChI=1S/C17H17FN2O3S/c18-24(22,23)12-13-10-16(21)20(11-13)17(14-6-2-1-3-7-14)15-8-4-5-9-19-15/h1-9,13,17H,10-12H2. The SMILES string of the molecule is O=C1CC(CS(=O)(=O)F)CN1C(c1ccccc1)c1ccccn1. The van der Waals surface area contributed by atoms with Gasteiger partial charge in [0.1, 0.15) is 0 Å². The van der Waals surface area contributed by atoms with Crippen LogP contribution in [0.15, 0.2) is 54.7 Å². The highest BCUT2D eigenvalue weighted by Gasteiger charge is 2.38. The summed E-state index contributed by atoms with van der Waals surface area (Å²) in [6.07, 6.45) is 1.68. The van der Waals surface area contributed by atoms with Gasteiger partial charge >= 0.3 is 10.2 Å². The first-order chi connectivity index (χ1) is 11.4. The minimum Gasteiger partial charge on any atom is -0.330 e. The quantitative estimate of drug-likeness (QED) is 0.778. The monoisotopic (exact) mass is 348 g/mol. The molecule has 0 bridgehead atoms. The molecule has 5 nitrogen and oxygen atoms in total. The molecule has 1 saturated heterocycles. The van der Waals surface area contributed by atoms with Crippen LogP contribution in [0.2, 0.25) is 0 Å². The fourth-order valence-corrected chi connectivity index (χ4v) is 3.92. The van der Waals surface area contributed by atoms with Crippen molar-refractivity contribution >= 4 is 16.1 Å². The fourth-order valence-electron chi connectivity index (χ4n) is 3.13. The van der Waals surface area contributed by atoms with Crippen LogP contribution in [0.1, 0.15) is 23.7 Å². The van der Waals surface area contributed by atoms with Crippen LogP contribution in [0, 0.1) is 5.92 Å². The lowest BCUT2D eigenvalue weighted by atomic mass is 10.0. The molecule has 3 rings (SSSR count). The molecule has 126 valence electrons. The topological polar surface area (TPSA) is 67.3 Å². The Morgan fingerprint density at radius 1 is 1.17 bits per heavy atom. The average molecular weight is 348 g/mol. The first-order valence-electron chi connectivity index (χ1n) is 7.62. The third kappa shape index (κ3) is 3.79. The van der Waals surface area contributed by atoms with Gasteiger partial charge in [-0.25, -0.2) is 0 Å². The summed E-state index contributed by atoms with van der Waals surface area (Å²) in [5.74, 6) is -1.36. The van der Waals surface area contributed by atoms with E-state index in [1.807, 2.05) is 42.5 Å². The van der Waals surface area contributed by atoms with E-state index in [-0.39, 0.29) is 18.9 Å². The molecular formula is C17H17FN2O3S. The predicted molar refractivity (Wildman–Crippen MR) is 87.2 cm³/mol. The molecule has 1 aromatic heterocycles. The van der Waals surface area contributed by atoms with Gasteiger partial charge in [0.2, 0.25) is 5.91 Å². The van der Waals surface area contributed by atoms with E-state index in [1.54, 1.807) is 17.2 Å². The first kappa shape index (κ1) is 16.6. The Morgan fingerprint density at radius 2 is 1.88 bits per heavy atom. The second-order valence-corrected chi connectivity index (χ2v) is 7.30. The van der Waals surface area contributed by atoms with Crippen LogP contribution in [0.3, 0.4) is 0 Å². The van der Waals surface area contributed by atoms with Crippen molar-refractivity contribution in [2.24, 2.45) is 5.92 Å². The number of likely N-dealkylation sites (tertiary alicyclic amines) is 1. The molecule has 1 aliphatic rings. The van der Waals surface area contributed by atoms with Gasteiger partial charge < -0.3 is 4.90 Å². The number of halogens is 1. The lowest BCUT2D eigenvalue weighted by Gasteiger charge is -2.28. The van der Waals surface area contributed by atoms with Gasteiger partial charge in [-0.1, -0.05) is 36.4 Å². The summed E-state index contributed by atoms with van der Waals surface area (Å²) in [4.78, 5) is 18.4.